The summed E-state index contributed by atoms with van der Waals surface area (Å²) < 4.78 is 0. The highest BCUT2D eigenvalue weighted by Gasteiger charge is 2.11. The molecule has 128 valence electrons. The van der Waals surface area contributed by atoms with Gasteiger partial charge in [-0.3, -0.25) is 4.79 Å². The minimum Gasteiger partial charge on any atom is -0.322 e. The molecule has 1 amide bonds. The fourth-order valence-corrected chi connectivity index (χ4v) is 2.90. The lowest BCUT2D eigenvalue weighted by atomic mass is 10.1. The van der Waals surface area contributed by atoms with Gasteiger partial charge in [0.1, 0.15) is 0 Å². The van der Waals surface area contributed by atoms with Gasteiger partial charge in [0.2, 0.25) is 0 Å². The predicted molar refractivity (Wildman–Crippen MR) is 102 cm³/mol. The summed E-state index contributed by atoms with van der Waals surface area (Å²) in [6.07, 6.45) is 1.70. The Bertz CT molecular complexity index is 947. The van der Waals surface area contributed by atoms with Crippen LogP contribution in [-0.2, 0) is 12.8 Å². The second kappa shape index (κ2) is 7.01. The first-order chi connectivity index (χ1) is 12.0. The number of aromatic nitrogens is 2. The molecule has 0 saturated carbocycles. The summed E-state index contributed by atoms with van der Waals surface area (Å²) in [6.45, 7) is 8.16. The normalized spacial score (nSPS) is 10.9. The minimum absolute atomic E-state index is 0.130. The number of carbonyl (C=O) groups is 1. The maximum atomic E-state index is 12.6. The molecule has 0 aliphatic heterocycles. The van der Waals surface area contributed by atoms with E-state index in [0.29, 0.717) is 5.56 Å². The highest BCUT2D eigenvalue weighted by Crippen LogP contribution is 2.20. The van der Waals surface area contributed by atoms with Crippen LogP contribution in [-0.4, -0.2) is 15.9 Å². The number of nitrogens with zero attached hydrogens (tertiary/aromatic N) is 2. The summed E-state index contributed by atoms with van der Waals surface area (Å²) in [5.74, 6) is -0.130. The number of benzene rings is 2. The number of fused-ring (bicyclic) bond motifs is 1. The van der Waals surface area contributed by atoms with Gasteiger partial charge in [0, 0.05) is 11.3 Å². The molecule has 2 aromatic carbocycles. The van der Waals surface area contributed by atoms with E-state index < -0.39 is 0 Å². The van der Waals surface area contributed by atoms with Gasteiger partial charge in [-0.15, -0.1) is 0 Å². The Hall–Kier alpha value is -2.75. The second-order valence-corrected chi connectivity index (χ2v) is 6.30. The molecule has 25 heavy (non-hydrogen) atoms. The molecule has 0 bridgehead atoms. The van der Waals surface area contributed by atoms with Crippen molar-refractivity contribution in [1.82, 2.24) is 9.97 Å². The lowest BCUT2D eigenvalue weighted by molar-refractivity contribution is 0.102. The van der Waals surface area contributed by atoms with Crippen molar-refractivity contribution in [2.75, 3.05) is 5.32 Å². The van der Waals surface area contributed by atoms with E-state index in [2.05, 4.69) is 24.1 Å². The van der Waals surface area contributed by atoms with Crippen molar-refractivity contribution < 1.29 is 4.79 Å². The Morgan fingerprint density at radius 2 is 1.60 bits per heavy atom. The van der Waals surface area contributed by atoms with E-state index in [0.717, 1.165) is 52.1 Å². The summed E-state index contributed by atoms with van der Waals surface area (Å²) in [5.41, 5.74) is 7.22. The number of carbonyl (C=O) groups excluding carboxylic acids is 1. The lowest BCUT2D eigenvalue weighted by Gasteiger charge is -2.11. The summed E-state index contributed by atoms with van der Waals surface area (Å²) in [7, 11) is 0. The Kier molecular flexibility index (Phi) is 4.79. The van der Waals surface area contributed by atoms with Crippen molar-refractivity contribution >= 4 is 22.6 Å². The monoisotopic (exact) mass is 333 g/mol. The number of amides is 1. The van der Waals surface area contributed by atoms with Crippen LogP contribution >= 0.6 is 0 Å². The summed E-state index contributed by atoms with van der Waals surface area (Å²) in [6, 6.07) is 11.5. The van der Waals surface area contributed by atoms with E-state index in [4.69, 9.17) is 4.98 Å². The summed E-state index contributed by atoms with van der Waals surface area (Å²) >= 11 is 0. The van der Waals surface area contributed by atoms with Crippen molar-refractivity contribution in [3.05, 3.63) is 64.5 Å². The number of anilines is 1. The molecule has 0 radical (unpaired) electrons. The van der Waals surface area contributed by atoms with Crippen LogP contribution in [0, 0.1) is 13.8 Å². The first-order valence-electron chi connectivity index (χ1n) is 8.70. The van der Waals surface area contributed by atoms with E-state index in [9.17, 15) is 4.79 Å². The van der Waals surface area contributed by atoms with E-state index in [1.54, 1.807) is 0 Å². The minimum atomic E-state index is -0.130. The van der Waals surface area contributed by atoms with Gasteiger partial charge in [-0.25, -0.2) is 9.97 Å². The average Bonchev–Trinajstić information content (AvgIpc) is 2.62. The smallest absolute Gasteiger partial charge is 0.255 e. The topological polar surface area (TPSA) is 54.9 Å². The van der Waals surface area contributed by atoms with Crippen molar-refractivity contribution in [1.29, 1.82) is 0 Å². The van der Waals surface area contributed by atoms with E-state index in [-0.39, 0.29) is 5.91 Å². The van der Waals surface area contributed by atoms with Crippen molar-refractivity contribution in [3.8, 4) is 0 Å². The van der Waals surface area contributed by atoms with Crippen LogP contribution in [0.15, 0.2) is 36.4 Å². The molecule has 0 atom stereocenters. The van der Waals surface area contributed by atoms with Crippen LogP contribution in [0.5, 0.6) is 0 Å². The number of aryl methyl sites for hydroxylation is 4. The van der Waals surface area contributed by atoms with E-state index in [1.165, 1.54) is 0 Å². The van der Waals surface area contributed by atoms with Crippen molar-refractivity contribution in [2.24, 2.45) is 0 Å². The Morgan fingerprint density at radius 3 is 2.28 bits per heavy atom. The van der Waals surface area contributed by atoms with Crippen LogP contribution in [0.3, 0.4) is 0 Å². The summed E-state index contributed by atoms with van der Waals surface area (Å²) in [4.78, 5) is 22.0. The van der Waals surface area contributed by atoms with Gasteiger partial charge in [-0.1, -0.05) is 26.0 Å². The molecule has 0 spiro atoms. The van der Waals surface area contributed by atoms with Crippen LogP contribution in [0.2, 0.25) is 0 Å². The molecule has 4 heteroatoms. The van der Waals surface area contributed by atoms with E-state index >= 15 is 0 Å². The van der Waals surface area contributed by atoms with Gasteiger partial charge in [-0.2, -0.15) is 0 Å². The summed E-state index contributed by atoms with van der Waals surface area (Å²) in [5, 5.41) is 3.00. The predicted octanol–water partition coefficient (Wildman–Crippen LogP) is 4.62. The fourth-order valence-electron chi connectivity index (χ4n) is 2.90. The number of hydrogen-bond donors (Lipinski definition) is 1. The van der Waals surface area contributed by atoms with Gasteiger partial charge < -0.3 is 5.32 Å². The third-order valence-corrected chi connectivity index (χ3v) is 4.39. The lowest BCUT2D eigenvalue weighted by Crippen LogP contribution is -2.13. The Morgan fingerprint density at radius 1 is 0.920 bits per heavy atom. The van der Waals surface area contributed by atoms with Gasteiger partial charge in [0.05, 0.1) is 22.4 Å². The Balaban J connectivity index is 1.95. The third-order valence-electron chi connectivity index (χ3n) is 4.39. The SMILES string of the molecule is CCc1nc2ccc(C(=O)Nc3cc(C)ccc3C)cc2nc1CC. The largest absolute Gasteiger partial charge is 0.322 e. The number of hydrogen-bond acceptors (Lipinski definition) is 3. The van der Waals surface area contributed by atoms with E-state index in [1.807, 2.05) is 50.2 Å². The maximum Gasteiger partial charge on any atom is 0.255 e. The molecule has 3 rings (SSSR count). The highest BCUT2D eigenvalue weighted by molar-refractivity contribution is 6.06. The Labute approximate surface area is 148 Å². The molecule has 0 saturated heterocycles. The molecule has 0 aliphatic carbocycles. The van der Waals surface area contributed by atoms with Gasteiger partial charge in [-0.05, 0) is 62.1 Å². The van der Waals surface area contributed by atoms with Gasteiger partial charge in [0.25, 0.3) is 5.91 Å². The number of nitrogens with one attached hydrogen (secondary N) is 1. The first-order valence-corrected chi connectivity index (χ1v) is 8.70. The first kappa shape index (κ1) is 17.1. The quantitative estimate of drug-likeness (QED) is 0.758. The zero-order valence-corrected chi connectivity index (χ0v) is 15.2. The molecular weight excluding hydrogens is 310 g/mol. The molecule has 1 heterocycles. The fraction of sp³-hybridized carbons (Fsp3) is 0.286. The average molecular weight is 333 g/mol. The van der Waals surface area contributed by atoms with Gasteiger partial charge >= 0.3 is 0 Å². The van der Waals surface area contributed by atoms with Gasteiger partial charge in [0.15, 0.2) is 0 Å². The van der Waals surface area contributed by atoms with Crippen molar-refractivity contribution in [2.45, 2.75) is 40.5 Å². The molecule has 1 N–H and O–H groups in total. The standard InChI is InChI=1S/C21H23N3O/c1-5-16-17(6-2)23-20-12-15(9-10-18(20)22-16)21(25)24-19-11-13(3)7-8-14(19)4/h7-12H,5-6H2,1-4H3,(H,24,25). The van der Waals surface area contributed by atoms with Crippen LogP contribution in [0.25, 0.3) is 11.0 Å². The number of rotatable bonds is 4. The maximum absolute atomic E-state index is 12.6. The zero-order chi connectivity index (χ0) is 18.0. The molecule has 1 aromatic heterocycles. The van der Waals surface area contributed by atoms with Crippen molar-refractivity contribution in [3.63, 3.8) is 0 Å². The van der Waals surface area contributed by atoms with Crippen LogP contribution in [0.1, 0.15) is 46.7 Å². The highest BCUT2D eigenvalue weighted by atomic mass is 16.1. The van der Waals surface area contributed by atoms with Crippen LogP contribution in [0.4, 0.5) is 5.69 Å². The third kappa shape index (κ3) is 3.53. The molecule has 0 unspecified atom stereocenters. The molecule has 4 nitrogen and oxygen atoms in total. The molecule has 3 aromatic rings. The second-order valence-electron chi connectivity index (χ2n) is 6.30. The molecule has 0 aliphatic rings. The zero-order valence-electron chi connectivity index (χ0n) is 15.2. The van der Waals surface area contributed by atoms with Crippen LogP contribution < -0.4 is 5.32 Å². The molecular formula is C21H23N3O. The molecule has 0 fully saturated rings.